The Hall–Kier alpha value is -1.63. The van der Waals surface area contributed by atoms with Crippen LogP contribution in [0.25, 0.3) is 0 Å². The van der Waals surface area contributed by atoms with Crippen LogP contribution in [-0.2, 0) is 14.3 Å². The summed E-state index contributed by atoms with van der Waals surface area (Å²) in [4.78, 5) is 37.2. The molecule has 2 aliphatic heterocycles. The van der Waals surface area contributed by atoms with Crippen molar-refractivity contribution in [2.24, 2.45) is 0 Å². The van der Waals surface area contributed by atoms with Gasteiger partial charge in [0.15, 0.2) is 0 Å². The van der Waals surface area contributed by atoms with Crippen molar-refractivity contribution in [3.05, 3.63) is 0 Å². The molecule has 2 heterocycles. The summed E-state index contributed by atoms with van der Waals surface area (Å²) in [6.07, 6.45) is 3.05. The zero-order chi connectivity index (χ0) is 14.5. The van der Waals surface area contributed by atoms with E-state index < -0.39 is 12.1 Å². The van der Waals surface area contributed by atoms with Crippen LogP contribution in [0.4, 0.5) is 4.79 Å². The quantitative estimate of drug-likeness (QED) is 0.799. The molecule has 2 saturated heterocycles. The van der Waals surface area contributed by atoms with Crippen LogP contribution in [0.2, 0.25) is 0 Å². The van der Waals surface area contributed by atoms with E-state index in [0.717, 1.165) is 30.7 Å². The summed E-state index contributed by atoms with van der Waals surface area (Å²) >= 11 is 0. The Balaban J connectivity index is 1.89. The number of ether oxygens (including phenoxy) is 1. The Morgan fingerprint density at radius 3 is 2.75 bits per heavy atom. The fraction of sp³-hybridized carbons (Fsp3) is 0.769. The van der Waals surface area contributed by atoms with Crippen LogP contribution < -0.4 is 0 Å². The third-order valence-corrected chi connectivity index (χ3v) is 3.84. The molecule has 2 amide bonds. The van der Waals surface area contributed by atoms with Gasteiger partial charge in [0.2, 0.25) is 5.91 Å². The second-order valence-corrected chi connectivity index (χ2v) is 5.21. The van der Waals surface area contributed by atoms with E-state index in [-0.39, 0.29) is 31.5 Å². The molecule has 20 heavy (non-hydrogen) atoms. The molecule has 0 aliphatic carbocycles. The highest BCUT2D eigenvalue weighted by Crippen LogP contribution is 2.21. The van der Waals surface area contributed by atoms with Crippen LogP contribution in [0.5, 0.6) is 0 Å². The summed E-state index contributed by atoms with van der Waals surface area (Å²) in [5, 5.41) is 8.76. The number of carbonyl (C=O) groups is 3. The van der Waals surface area contributed by atoms with Gasteiger partial charge < -0.3 is 9.84 Å². The van der Waals surface area contributed by atoms with Crippen molar-refractivity contribution >= 4 is 18.0 Å². The van der Waals surface area contributed by atoms with Crippen molar-refractivity contribution in [1.82, 2.24) is 9.80 Å². The van der Waals surface area contributed by atoms with E-state index >= 15 is 0 Å². The number of likely N-dealkylation sites (tertiary alicyclic amines) is 1. The first-order valence-corrected chi connectivity index (χ1v) is 7.01. The summed E-state index contributed by atoms with van der Waals surface area (Å²) in [6, 6.07) is 0.113. The fourth-order valence-electron chi connectivity index (χ4n) is 2.76. The van der Waals surface area contributed by atoms with E-state index in [1.807, 2.05) is 4.90 Å². The molecule has 0 radical (unpaired) electrons. The first-order valence-electron chi connectivity index (χ1n) is 7.01. The highest BCUT2D eigenvalue weighted by molar-refractivity contribution is 5.94. The maximum absolute atomic E-state index is 12.1. The summed E-state index contributed by atoms with van der Waals surface area (Å²) in [6.45, 7) is 1.51. The monoisotopic (exact) mass is 284 g/mol. The van der Waals surface area contributed by atoms with Gasteiger partial charge in [-0.05, 0) is 25.8 Å². The molecular formula is C13H20N2O5. The fourth-order valence-corrected chi connectivity index (χ4v) is 2.76. The average molecular weight is 284 g/mol. The molecule has 0 aromatic heterocycles. The molecule has 2 rings (SSSR count). The third-order valence-electron chi connectivity index (χ3n) is 3.84. The second-order valence-electron chi connectivity index (χ2n) is 5.21. The standard InChI is InChI=1S/C13H20N2O5/c16-11(15-7-8-20-13(15)19)9-14-6-2-1-3-10(14)4-5-12(17)18/h10H,1-9H2,(H,17,18). The number of imide groups is 1. The zero-order valence-corrected chi connectivity index (χ0v) is 11.4. The van der Waals surface area contributed by atoms with E-state index in [1.165, 1.54) is 0 Å². The number of cyclic esters (lactones) is 1. The Labute approximate surface area is 117 Å². The molecule has 1 N–H and O–H groups in total. The maximum Gasteiger partial charge on any atom is 0.416 e. The average Bonchev–Trinajstić information content (AvgIpc) is 2.84. The van der Waals surface area contributed by atoms with Gasteiger partial charge in [-0.2, -0.15) is 0 Å². The number of rotatable bonds is 5. The number of hydrogen-bond donors (Lipinski definition) is 1. The molecule has 2 aliphatic rings. The molecule has 0 bridgehead atoms. The Morgan fingerprint density at radius 1 is 1.30 bits per heavy atom. The van der Waals surface area contributed by atoms with Crippen LogP contribution in [0, 0.1) is 0 Å². The van der Waals surface area contributed by atoms with Gasteiger partial charge in [-0.3, -0.25) is 14.5 Å². The van der Waals surface area contributed by atoms with Crippen molar-refractivity contribution in [3.8, 4) is 0 Å². The number of aliphatic carboxylic acids is 1. The minimum absolute atomic E-state index is 0.112. The number of carbonyl (C=O) groups excluding carboxylic acids is 2. The van der Waals surface area contributed by atoms with Crippen LogP contribution in [0.15, 0.2) is 0 Å². The van der Waals surface area contributed by atoms with Gasteiger partial charge in [-0.25, -0.2) is 9.69 Å². The topological polar surface area (TPSA) is 87.2 Å². The lowest BCUT2D eigenvalue weighted by Gasteiger charge is -2.35. The molecule has 0 aromatic rings. The van der Waals surface area contributed by atoms with Crippen LogP contribution in [0.3, 0.4) is 0 Å². The van der Waals surface area contributed by atoms with E-state index in [0.29, 0.717) is 13.0 Å². The van der Waals surface area contributed by atoms with E-state index in [1.54, 1.807) is 0 Å². The lowest BCUT2D eigenvalue weighted by molar-refractivity contribution is -0.137. The molecule has 0 aromatic carbocycles. The van der Waals surface area contributed by atoms with E-state index in [4.69, 9.17) is 9.84 Å². The number of carboxylic acid groups (broad SMARTS) is 1. The predicted octanol–water partition coefficient (Wildman–Crippen LogP) is 0.685. The Kier molecular flexibility index (Phi) is 4.94. The first kappa shape index (κ1) is 14.8. The number of carboxylic acids is 1. The molecule has 2 fully saturated rings. The largest absolute Gasteiger partial charge is 0.481 e. The molecule has 7 nitrogen and oxygen atoms in total. The van der Waals surface area contributed by atoms with Gasteiger partial charge in [0.05, 0.1) is 13.1 Å². The molecule has 7 heteroatoms. The second kappa shape index (κ2) is 6.69. The smallest absolute Gasteiger partial charge is 0.416 e. The van der Waals surface area contributed by atoms with Crippen molar-refractivity contribution in [2.45, 2.75) is 38.1 Å². The highest BCUT2D eigenvalue weighted by Gasteiger charge is 2.32. The van der Waals surface area contributed by atoms with Crippen molar-refractivity contribution in [3.63, 3.8) is 0 Å². The Bertz CT molecular complexity index is 398. The van der Waals surface area contributed by atoms with Crippen LogP contribution in [0.1, 0.15) is 32.1 Å². The van der Waals surface area contributed by atoms with Crippen molar-refractivity contribution in [2.75, 3.05) is 26.2 Å². The maximum atomic E-state index is 12.1. The number of piperidine rings is 1. The number of nitrogens with zero attached hydrogens (tertiary/aromatic N) is 2. The summed E-state index contributed by atoms with van der Waals surface area (Å²) in [5.41, 5.74) is 0. The molecule has 112 valence electrons. The predicted molar refractivity (Wildman–Crippen MR) is 69.1 cm³/mol. The summed E-state index contributed by atoms with van der Waals surface area (Å²) in [5.74, 6) is -1.07. The highest BCUT2D eigenvalue weighted by atomic mass is 16.6. The molecular weight excluding hydrogens is 264 g/mol. The molecule has 1 unspecified atom stereocenters. The van der Waals surface area contributed by atoms with Gasteiger partial charge in [0.1, 0.15) is 6.61 Å². The molecule has 1 atom stereocenters. The van der Waals surface area contributed by atoms with Gasteiger partial charge >= 0.3 is 12.1 Å². The van der Waals surface area contributed by atoms with E-state index in [9.17, 15) is 14.4 Å². The first-order chi connectivity index (χ1) is 9.58. The van der Waals surface area contributed by atoms with Gasteiger partial charge in [0.25, 0.3) is 0 Å². The van der Waals surface area contributed by atoms with Crippen LogP contribution >= 0.6 is 0 Å². The van der Waals surface area contributed by atoms with Crippen molar-refractivity contribution in [1.29, 1.82) is 0 Å². The minimum atomic E-state index is -0.815. The lowest BCUT2D eigenvalue weighted by Crippen LogP contribution is -2.47. The van der Waals surface area contributed by atoms with Crippen LogP contribution in [-0.4, -0.2) is 65.2 Å². The molecule has 0 saturated carbocycles. The molecule has 0 spiro atoms. The van der Waals surface area contributed by atoms with Gasteiger partial charge in [-0.1, -0.05) is 6.42 Å². The normalized spacial score (nSPS) is 23.7. The zero-order valence-electron chi connectivity index (χ0n) is 11.4. The SMILES string of the molecule is O=C(O)CCC1CCCCN1CC(=O)N1CCOC1=O. The number of hydrogen-bond acceptors (Lipinski definition) is 5. The Morgan fingerprint density at radius 2 is 2.10 bits per heavy atom. The van der Waals surface area contributed by atoms with Gasteiger partial charge in [-0.15, -0.1) is 0 Å². The van der Waals surface area contributed by atoms with Gasteiger partial charge in [0, 0.05) is 12.5 Å². The lowest BCUT2D eigenvalue weighted by atomic mass is 9.98. The summed E-state index contributed by atoms with van der Waals surface area (Å²) in [7, 11) is 0. The summed E-state index contributed by atoms with van der Waals surface area (Å²) < 4.78 is 4.75. The van der Waals surface area contributed by atoms with E-state index in [2.05, 4.69) is 0 Å². The number of amides is 2. The van der Waals surface area contributed by atoms with Crippen molar-refractivity contribution < 1.29 is 24.2 Å². The third kappa shape index (κ3) is 3.69. The minimum Gasteiger partial charge on any atom is -0.481 e.